The van der Waals surface area contributed by atoms with E-state index in [4.69, 9.17) is 15.6 Å². The second kappa shape index (κ2) is 13.3. The van der Waals surface area contributed by atoms with Crippen LogP contribution >= 0.6 is 0 Å². The summed E-state index contributed by atoms with van der Waals surface area (Å²) in [4.78, 5) is 40.2. The Morgan fingerprint density at radius 3 is 2.63 bits per heavy atom. The lowest BCUT2D eigenvalue weighted by Gasteiger charge is -2.26. The number of hydrogen-bond donors (Lipinski definition) is 2. The van der Waals surface area contributed by atoms with Crippen molar-refractivity contribution in [1.82, 2.24) is 44.7 Å². The maximum Gasteiger partial charge on any atom is 0.345 e. The van der Waals surface area contributed by atoms with Gasteiger partial charge in [-0.15, -0.1) is 0 Å². The number of rotatable bonds is 10. The molecule has 5 aromatic rings. The maximum atomic E-state index is 13.8. The molecule has 46 heavy (non-hydrogen) atoms. The predicted molar refractivity (Wildman–Crippen MR) is 168 cm³/mol. The highest BCUT2D eigenvalue weighted by Gasteiger charge is 2.29. The summed E-state index contributed by atoms with van der Waals surface area (Å²) in [6.45, 7) is 0.596. The Bertz CT molecular complexity index is 1840. The van der Waals surface area contributed by atoms with Gasteiger partial charge in [-0.2, -0.15) is 14.9 Å². The minimum atomic E-state index is -0.524. The van der Waals surface area contributed by atoms with Gasteiger partial charge < -0.3 is 20.7 Å². The minimum absolute atomic E-state index is 0.118. The number of carbonyl (C=O) groups is 2. The molecular weight excluding hydrogens is 591 g/mol. The number of amides is 2. The minimum Gasteiger partial charge on any atom is -0.496 e. The molecular formula is C32H35FN10O3. The molecule has 3 aromatic heterocycles. The molecule has 1 unspecified atom stereocenters. The number of carbonyl (C=O) groups excluding carboxylic acids is 2. The van der Waals surface area contributed by atoms with Gasteiger partial charge in [0.1, 0.15) is 42.1 Å². The third kappa shape index (κ3) is 6.36. The Hall–Kier alpha value is -5.40. The van der Waals surface area contributed by atoms with Crippen LogP contribution in [0.5, 0.6) is 5.75 Å². The van der Waals surface area contributed by atoms with Crippen LogP contribution in [0.2, 0.25) is 0 Å². The molecule has 1 fully saturated rings. The number of ether oxygens (including phenoxy) is 1. The number of nitrogen functional groups attached to an aromatic ring is 1. The molecule has 0 aliphatic heterocycles. The second-order valence-corrected chi connectivity index (χ2v) is 11.5. The fourth-order valence-corrected chi connectivity index (χ4v) is 6.13. The molecule has 0 radical (unpaired) electrons. The number of hydrogen-bond acceptors (Lipinski definition) is 9. The molecule has 1 aliphatic rings. The van der Waals surface area contributed by atoms with Crippen LogP contribution in [-0.2, 0) is 6.54 Å². The largest absolute Gasteiger partial charge is 0.496 e. The van der Waals surface area contributed by atoms with Crippen molar-refractivity contribution in [3.8, 4) is 17.0 Å². The molecule has 1 saturated carbocycles. The lowest BCUT2D eigenvalue weighted by atomic mass is 9.98. The fourth-order valence-electron chi connectivity index (χ4n) is 6.13. The summed E-state index contributed by atoms with van der Waals surface area (Å²) in [5.74, 6) is 0.124. The molecule has 6 rings (SSSR count). The van der Waals surface area contributed by atoms with Gasteiger partial charge >= 0.3 is 6.03 Å². The normalized spacial score (nSPS) is 14.0. The van der Waals surface area contributed by atoms with Crippen LogP contribution in [0.1, 0.15) is 54.1 Å². The van der Waals surface area contributed by atoms with E-state index in [-0.39, 0.29) is 29.9 Å². The van der Waals surface area contributed by atoms with Gasteiger partial charge in [0.15, 0.2) is 5.65 Å². The van der Waals surface area contributed by atoms with Crippen LogP contribution in [0.4, 0.5) is 15.0 Å². The first-order valence-corrected chi connectivity index (χ1v) is 15.1. The van der Waals surface area contributed by atoms with Gasteiger partial charge in [0.2, 0.25) is 0 Å². The summed E-state index contributed by atoms with van der Waals surface area (Å²) >= 11 is 0. The first-order chi connectivity index (χ1) is 22.3. The standard InChI is InChI=1S/C32H35FN10O3/c1-41(32(45)42-19-35-17-39-42)16-24(13-20-5-3-4-6-20)43-30-27(29(34)37-18-38-30)28(40-43)22-9-7-21(8-10-22)15-36-31(44)25-14-23(33)11-12-26(25)46-2/h7-12,14,17-20,24H,3-6,13,15-16H2,1-2H3,(H,36,44)(H2,34,37,38). The number of likely N-dealkylation sites (N-methyl/N-ethyl adjacent to an activating group) is 1. The first-order valence-electron chi connectivity index (χ1n) is 15.1. The Labute approximate surface area is 264 Å². The zero-order chi connectivity index (χ0) is 32.2. The Kier molecular flexibility index (Phi) is 8.85. The zero-order valence-electron chi connectivity index (χ0n) is 25.6. The van der Waals surface area contributed by atoms with E-state index in [0.717, 1.165) is 36.5 Å². The molecule has 1 aliphatic carbocycles. The van der Waals surface area contributed by atoms with Crippen molar-refractivity contribution in [3.63, 3.8) is 0 Å². The van der Waals surface area contributed by atoms with Crippen LogP contribution in [-0.4, -0.2) is 72.1 Å². The van der Waals surface area contributed by atoms with E-state index in [0.29, 0.717) is 35.0 Å². The maximum absolute atomic E-state index is 13.8. The van der Waals surface area contributed by atoms with Gasteiger partial charge in [-0.1, -0.05) is 49.9 Å². The van der Waals surface area contributed by atoms with Gasteiger partial charge in [0.25, 0.3) is 5.91 Å². The molecule has 0 spiro atoms. The van der Waals surface area contributed by atoms with Gasteiger partial charge in [-0.05, 0) is 36.1 Å². The van der Waals surface area contributed by atoms with E-state index in [1.807, 2.05) is 28.9 Å². The van der Waals surface area contributed by atoms with Crippen molar-refractivity contribution in [1.29, 1.82) is 0 Å². The van der Waals surface area contributed by atoms with Crippen LogP contribution in [0.25, 0.3) is 22.3 Å². The predicted octanol–water partition coefficient (Wildman–Crippen LogP) is 4.47. The number of methoxy groups -OCH3 is 1. The molecule has 0 saturated heterocycles. The third-order valence-electron chi connectivity index (χ3n) is 8.46. The summed E-state index contributed by atoms with van der Waals surface area (Å²) in [5.41, 5.74) is 9.36. The van der Waals surface area contributed by atoms with Crippen molar-refractivity contribution < 1.29 is 18.7 Å². The van der Waals surface area contributed by atoms with Crippen molar-refractivity contribution in [2.24, 2.45) is 5.92 Å². The van der Waals surface area contributed by atoms with Crippen LogP contribution < -0.4 is 15.8 Å². The van der Waals surface area contributed by atoms with E-state index in [1.54, 1.807) is 11.9 Å². The van der Waals surface area contributed by atoms with Crippen LogP contribution in [0.3, 0.4) is 0 Å². The van der Waals surface area contributed by atoms with E-state index in [2.05, 4.69) is 25.4 Å². The number of aromatic nitrogens is 7. The molecule has 0 bridgehead atoms. The van der Waals surface area contributed by atoms with Crippen molar-refractivity contribution in [2.75, 3.05) is 26.4 Å². The van der Waals surface area contributed by atoms with Crippen LogP contribution in [0, 0.1) is 11.7 Å². The highest BCUT2D eigenvalue weighted by Crippen LogP contribution is 2.36. The average molecular weight is 627 g/mol. The molecule has 1 atom stereocenters. The average Bonchev–Trinajstić information content (AvgIpc) is 3.86. The molecule has 2 aromatic carbocycles. The van der Waals surface area contributed by atoms with Gasteiger partial charge in [0.05, 0.1) is 24.1 Å². The quantitative estimate of drug-likeness (QED) is 0.228. The number of halogens is 1. The zero-order valence-corrected chi connectivity index (χ0v) is 25.6. The summed E-state index contributed by atoms with van der Waals surface area (Å²) in [5, 5.41) is 12.5. The lowest BCUT2D eigenvalue weighted by Crippen LogP contribution is -2.37. The van der Waals surface area contributed by atoms with E-state index in [1.165, 1.54) is 55.7 Å². The Morgan fingerprint density at radius 1 is 1.13 bits per heavy atom. The number of anilines is 1. The van der Waals surface area contributed by atoms with Gasteiger partial charge in [-0.3, -0.25) is 4.79 Å². The smallest absolute Gasteiger partial charge is 0.345 e. The Balaban J connectivity index is 1.27. The van der Waals surface area contributed by atoms with E-state index in [9.17, 15) is 14.0 Å². The molecule has 14 heteroatoms. The number of fused-ring (bicyclic) bond motifs is 1. The highest BCUT2D eigenvalue weighted by atomic mass is 19.1. The van der Waals surface area contributed by atoms with E-state index < -0.39 is 11.7 Å². The summed E-state index contributed by atoms with van der Waals surface area (Å²) in [6.07, 6.45) is 9.60. The van der Waals surface area contributed by atoms with Crippen LogP contribution in [0.15, 0.2) is 61.4 Å². The molecule has 238 valence electrons. The SMILES string of the molecule is COc1ccc(F)cc1C(=O)NCc1ccc(-c2nn(C(CC3CCCC3)CN(C)C(=O)n3cncn3)c3ncnc(N)c23)cc1. The number of nitrogens with zero attached hydrogens (tertiary/aromatic N) is 8. The summed E-state index contributed by atoms with van der Waals surface area (Å²) in [6, 6.07) is 10.9. The van der Waals surface area contributed by atoms with E-state index >= 15 is 0 Å². The summed E-state index contributed by atoms with van der Waals surface area (Å²) < 4.78 is 22.1. The topological polar surface area (TPSA) is 159 Å². The summed E-state index contributed by atoms with van der Waals surface area (Å²) in [7, 11) is 3.17. The molecule has 2 amide bonds. The third-order valence-corrected chi connectivity index (χ3v) is 8.46. The van der Waals surface area contributed by atoms with Crippen molar-refractivity contribution in [2.45, 2.75) is 44.7 Å². The molecule has 3 heterocycles. The number of nitrogens with one attached hydrogen (secondary N) is 1. The highest BCUT2D eigenvalue weighted by molar-refractivity contribution is 5.98. The lowest BCUT2D eigenvalue weighted by molar-refractivity contribution is 0.0947. The number of benzene rings is 2. The molecule has 3 N–H and O–H groups in total. The van der Waals surface area contributed by atoms with Crippen molar-refractivity contribution in [3.05, 3.63) is 78.4 Å². The monoisotopic (exact) mass is 626 g/mol. The number of nitrogens with two attached hydrogens (primary N) is 1. The van der Waals surface area contributed by atoms with Gasteiger partial charge in [0, 0.05) is 25.7 Å². The fraction of sp³-hybridized carbons (Fsp3) is 0.344. The first kappa shape index (κ1) is 30.6. The van der Waals surface area contributed by atoms with Crippen molar-refractivity contribution >= 4 is 28.8 Å². The second-order valence-electron chi connectivity index (χ2n) is 11.5. The molecule has 13 nitrogen and oxygen atoms in total. The Morgan fingerprint density at radius 2 is 1.91 bits per heavy atom. The van der Waals surface area contributed by atoms with Gasteiger partial charge in [-0.25, -0.2) is 28.8 Å².